The molecular weight excluding hydrogens is 693 g/mol. The average Bonchev–Trinajstić information content (AvgIpc) is 3.39. The average molecular weight is 745 g/mol. The summed E-state index contributed by atoms with van der Waals surface area (Å²) in [4.78, 5) is 0. The number of halogens is 2. The third kappa shape index (κ3) is 5.86. The number of rotatable bonds is 3. The van der Waals surface area contributed by atoms with Crippen molar-refractivity contribution in [1.82, 2.24) is 0 Å². The van der Waals surface area contributed by atoms with Crippen molar-refractivity contribution in [2.24, 2.45) is 0 Å². The van der Waals surface area contributed by atoms with Crippen LogP contribution in [0.15, 0.2) is 45.2 Å². The van der Waals surface area contributed by atoms with Gasteiger partial charge in [0.05, 0.1) is 22.4 Å². The van der Waals surface area contributed by atoms with Crippen LogP contribution < -0.4 is 10.9 Å². The normalized spacial score (nSPS) is 19.9. The fraction of sp³-hybridized carbons (Fsp3) is 0.524. The Labute approximate surface area is 319 Å². The Hall–Kier alpha value is -2.45. The van der Waals surface area contributed by atoms with Gasteiger partial charge >= 0.3 is 14.2 Å². The first-order valence-electron chi connectivity index (χ1n) is 18.4. The molecule has 0 N–H and O–H groups in total. The van der Waals surface area contributed by atoms with Crippen molar-refractivity contribution in [3.63, 3.8) is 0 Å². The van der Waals surface area contributed by atoms with Crippen LogP contribution in [-0.4, -0.2) is 48.4 Å². The number of hydrogen-bond acceptors (Lipinski definition) is 6. The number of benzene rings is 4. The highest BCUT2D eigenvalue weighted by Gasteiger charge is 2.54. The van der Waals surface area contributed by atoms with Crippen molar-refractivity contribution in [2.75, 3.05) is 11.8 Å². The first kappa shape index (κ1) is 37.8. The molecule has 0 aromatic heterocycles. The molecule has 0 bridgehead atoms. The second-order valence-electron chi connectivity index (χ2n) is 18.7. The van der Waals surface area contributed by atoms with Gasteiger partial charge in [-0.2, -0.15) is 0 Å². The summed E-state index contributed by atoms with van der Waals surface area (Å²) in [5, 5.41) is 4.16. The molecule has 2 saturated heterocycles. The van der Waals surface area contributed by atoms with Crippen LogP contribution in [0.4, 0.5) is 0 Å². The van der Waals surface area contributed by atoms with E-state index in [1.54, 1.807) is 0 Å². The SMILES string of the molecule is CC(C)(C)c1cc2oc3cc(B4OC(C)(C)C(C)(C)O4)c4cc(C(C)(C)C)cc5oc6cc(B7OC(C)(C)C(C)(C)O7)c(c1)c2c6-c3c54.ClCCCl. The van der Waals surface area contributed by atoms with Crippen molar-refractivity contribution in [3.05, 3.63) is 47.5 Å². The Bertz CT molecular complexity index is 2090. The molecule has 0 saturated carbocycles. The quantitative estimate of drug-likeness (QED) is 0.0778. The zero-order valence-corrected chi connectivity index (χ0v) is 34.8. The summed E-state index contributed by atoms with van der Waals surface area (Å²) < 4.78 is 40.8. The first-order chi connectivity index (χ1) is 23.9. The minimum absolute atomic E-state index is 0.123. The van der Waals surface area contributed by atoms with Crippen LogP contribution in [0.5, 0.6) is 0 Å². The van der Waals surface area contributed by atoms with E-state index in [4.69, 9.17) is 50.7 Å². The lowest BCUT2D eigenvalue weighted by Crippen LogP contribution is -2.41. The van der Waals surface area contributed by atoms with Crippen LogP contribution in [0.25, 0.3) is 55.0 Å². The summed E-state index contributed by atoms with van der Waals surface area (Å²) in [6.07, 6.45) is 0. The second-order valence-corrected chi connectivity index (χ2v) is 19.5. The van der Waals surface area contributed by atoms with E-state index in [2.05, 4.69) is 133 Å². The molecule has 276 valence electrons. The lowest BCUT2D eigenvalue weighted by atomic mass is 9.71. The molecule has 4 aromatic rings. The molecule has 0 aliphatic carbocycles. The van der Waals surface area contributed by atoms with Gasteiger partial charge in [-0.3, -0.25) is 0 Å². The molecule has 0 atom stereocenters. The van der Waals surface area contributed by atoms with Crippen LogP contribution in [0.3, 0.4) is 0 Å². The largest absolute Gasteiger partial charge is 0.495 e. The molecule has 8 rings (SSSR count). The van der Waals surface area contributed by atoms with Gasteiger partial charge in [0.1, 0.15) is 22.3 Å². The van der Waals surface area contributed by atoms with Gasteiger partial charge < -0.3 is 27.5 Å². The fourth-order valence-electron chi connectivity index (χ4n) is 7.28. The molecule has 4 aliphatic rings. The maximum Gasteiger partial charge on any atom is 0.495 e. The zero-order valence-electron chi connectivity index (χ0n) is 33.2. The third-order valence-electron chi connectivity index (χ3n) is 11.9. The van der Waals surface area contributed by atoms with Crippen LogP contribution in [0.1, 0.15) is 108 Å². The van der Waals surface area contributed by atoms with E-state index in [1.165, 1.54) is 11.1 Å². The van der Waals surface area contributed by atoms with E-state index in [0.29, 0.717) is 11.8 Å². The Balaban J connectivity index is 0.00000100. The van der Waals surface area contributed by atoms with E-state index in [1.807, 2.05) is 0 Å². The van der Waals surface area contributed by atoms with E-state index in [0.717, 1.165) is 65.9 Å². The van der Waals surface area contributed by atoms with Gasteiger partial charge in [0.25, 0.3) is 0 Å². The monoisotopic (exact) mass is 744 g/mol. The zero-order chi connectivity index (χ0) is 38.1. The van der Waals surface area contributed by atoms with Gasteiger partial charge in [0.2, 0.25) is 0 Å². The van der Waals surface area contributed by atoms with Gasteiger partial charge in [-0.1, -0.05) is 53.7 Å². The van der Waals surface area contributed by atoms with Gasteiger partial charge in [-0.05, 0) is 123 Å². The molecular formula is C42H52B2Cl2O6. The molecule has 4 heterocycles. The topological polar surface area (TPSA) is 63.2 Å². The Morgan fingerprint density at radius 3 is 1.06 bits per heavy atom. The maximum absolute atomic E-state index is 7.03. The van der Waals surface area contributed by atoms with Crippen molar-refractivity contribution >= 4 is 92.2 Å². The molecule has 0 radical (unpaired) electrons. The molecule has 4 aliphatic heterocycles. The first-order valence-corrected chi connectivity index (χ1v) is 19.5. The number of alkyl halides is 2. The highest BCUT2D eigenvalue weighted by atomic mass is 35.5. The summed E-state index contributed by atoms with van der Waals surface area (Å²) >= 11 is 10.1. The highest BCUT2D eigenvalue weighted by molar-refractivity contribution is 6.67. The molecule has 52 heavy (non-hydrogen) atoms. The summed E-state index contributed by atoms with van der Waals surface area (Å²) in [6, 6.07) is 13.3. The van der Waals surface area contributed by atoms with E-state index in [9.17, 15) is 0 Å². The molecule has 2 fully saturated rings. The van der Waals surface area contributed by atoms with E-state index < -0.39 is 36.6 Å². The van der Waals surface area contributed by atoms with Crippen LogP contribution in [0, 0.1) is 0 Å². The molecule has 10 heteroatoms. The van der Waals surface area contributed by atoms with E-state index in [-0.39, 0.29) is 10.8 Å². The molecule has 6 nitrogen and oxygen atoms in total. The molecule has 0 spiro atoms. The lowest BCUT2D eigenvalue weighted by Gasteiger charge is -2.32. The van der Waals surface area contributed by atoms with Gasteiger partial charge in [0.15, 0.2) is 0 Å². The predicted octanol–water partition coefficient (Wildman–Crippen LogP) is 10.7. The predicted molar refractivity (Wildman–Crippen MR) is 219 cm³/mol. The van der Waals surface area contributed by atoms with Crippen molar-refractivity contribution < 1.29 is 27.5 Å². The summed E-state index contributed by atoms with van der Waals surface area (Å²) in [5.41, 5.74) is 7.29. The van der Waals surface area contributed by atoms with Crippen LogP contribution in [0.2, 0.25) is 0 Å². The van der Waals surface area contributed by atoms with Crippen LogP contribution >= 0.6 is 23.2 Å². The summed E-state index contributed by atoms with van der Waals surface area (Å²) in [7, 11) is -1.14. The van der Waals surface area contributed by atoms with Gasteiger partial charge in [-0.15, -0.1) is 23.2 Å². The van der Waals surface area contributed by atoms with Crippen molar-refractivity contribution in [1.29, 1.82) is 0 Å². The van der Waals surface area contributed by atoms with Crippen LogP contribution in [-0.2, 0) is 29.4 Å². The number of hydrogen-bond donors (Lipinski definition) is 0. The standard InChI is InChI=1S/C40H48B2O6.C2H4Cl2/c1-35(2,3)21-15-23-25(41-45-37(7,8)38(9,10)46-41)19-30-33-31(23)27(17-21)43-29-20-26(42-47-39(11,12)40(13,14)48-42)24-16-22(36(4,5)6)18-28(44-30)32(24)34(29)33;3-1-2-4/h15-20H,1-14H3;1-2H2. The summed E-state index contributed by atoms with van der Waals surface area (Å²) in [5.74, 6) is 1.11. The lowest BCUT2D eigenvalue weighted by molar-refractivity contribution is 0.00578. The van der Waals surface area contributed by atoms with Gasteiger partial charge in [0, 0.05) is 33.7 Å². The third-order valence-corrected chi connectivity index (χ3v) is 12.5. The minimum Gasteiger partial charge on any atom is -0.456 e. The molecule has 4 aromatic carbocycles. The Morgan fingerprint density at radius 1 is 0.481 bits per heavy atom. The second kappa shape index (κ2) is 12.0. The summed E-state index contributed by atoms with van der Waals surface area (Å²) in [6.45, 7) is 30.2. The Morgan fingerprint density at radius 2 is 0.788 bits per heavy atom. The van der Waals surface area contributed by atoms with Crippen molar-refractivity contribution in [3.8, 4) is 11.1 Å². The molecule has 0 amide bonds. The maximum atomic E-state index is 7.03. The smallest absolute Gasteiger partial charge is 0.456 e. The van der Waals surface area contributed by atoms with Gasteiger partial charge in [-0.25, -0.2) is 0 Å². The minimum atomic E-state index is -0.568. The Kier molecular flexibility index (Phi) is 8.75. The van der Waals surface area contributed by atoms with Crippen molar-refractivity contribution in [2.45, 2.75) is 130 Å². The fourth-order valence-corrected chi connectivity index (χ4v) is 7.28. The highest BCUT2D eigenvalue weighted by Crippen LogP contribution is 2.50. The molecule has 0 unspecified atom stereocenters. The van der Waals surface area contributed by atoms with E-state index >= 15 is 0 Å².